The summed E-state index contributed by atoms with van der Waals surface area (Å²) in [5.74, 6) is 0. The lowest BCUT2D eigenvalue weighted by Gasteiger charge is -2.46. The van der Waals surface area contributed by atoms with Crippen molar-refractivity contribution in [3.63, 3.8) is 0 Å². The third kappa shape index (κ3) is 4.85. The van der Waals surface area contributed by atoms with Gasteiger partial charge in [0.2, 0.25) is 0 Å². The van der Waals surface area contributed by atoms with Gasteiger partial charge in [-0.3, -0.25) is 0 Å². The van der Waals surface area contributed by atoms with Crippen molar-refractivity contribution in [1.82, 2.24) is 4.57 Å². The van der Waals surface area contributed by atoms with Crippen LogP contribution >= 0.6 is 23.1 Å². The highest BCUT2D eigenvalue weighted by Crippen LogP contribution is 2.62. The van der Waals surface area contributed by atoms with E-state index in [1.165, 1.54) is 102 Å². The molecule has 2 nitrogen and oxygen atoms in total. The molecule has 0 fully saturated rings. The van der Waals surface area contributed by atoms with Gasteiger partial charge < -0.3 is 9.47 Å². The van der Waals surface area contributed by atoms with Crippen LogP contribution in [0.4, 0.5) is 17.1 Å². The zero-order chi connectivity index (χ0) is 41.2. The van der Waals surface area contributed by atoms with Crippen LogP contribution in [0.2, 0.25) is 0 Å². The maximum absolute atomic E-state index is 2.51. The van der Waals surface area contributed by atoms with Gasteiger partial charge in [-0.1, -0.05) is 157 Å². The Morgan fingerprint density at radius 1 is 0.381 bits per heavy atom. The molecule has 2 aromatic heterocycles. The number of aromatic nitrogens is 1. The summed E-state index contributed by atoms with van der Waals surface area (Å²) in [5.41, 5.74) is 14.3. The molecule has 4 heteroatoms. The van der Waals surface area contributed by atoms with Crippen molar-refractivity contribution in [2.75, 3.05) is 4.90 Å². The van der Waals surface area contributed by atoms with E-state index in [0.29, 0.717) is 0 Å². The highest BCUT2D eigenvalue weighted by atomic mass is 32.2. The van der Waals surface area contributed by atoms with Crippen molar-refractivity contribution in [1.29, 1.82) is 0 Å². The molecule has 0 N–H and O–H groups in total. The van der Waals surface area contributed by atoms with Gasteiger partial charge in [0.15, 0.2) is 0 Å². The van der Waals surface area contributed by atoms with E-state index >= 15 is 0 Å². The molecule has 0 saturated heterocycles. The van der Waals surface area contributed by atoms with E-state index < -0.39 is 5.41 Å². The first-order valence-electron chi connectivity index (χ1n) is 21.6. The molecule has 3 heterocycles. The number of fused-ring (bicyclic) bond motifs is 14. The number of benzene rings is 10. The average Bonchev–Trinajstić information content (AvgIpc) is 3.89. The Morgan fingerprint density at radius 2 is 1.03 bits per heavy atom. The van der Waals surface area contributed by atoms with Crippen LogP contribution in [0, 0.1) is 0 Å². The molecule has 14 rings (SSSR count). The Bertz CT molecular complexity index is 3850. The molecule has 0 bridgehead atoms. The second kappa shape index (κ2) is 13.3. The molecule has 294 valence electrons. The highest BCUT2D eigenvalue weighted by Gasteiger charge is 2.48. The highest BCUT2D eigenvalue weighted by molar-refractivity contribution is 7.99. The zero-order valence-electron chi connectivity index (χ0n) is 34.0. The number of para-hydroxylation sites is 2. The van der Waals surface area contributed by atoms with E-state index in [9.17, 15) is 0 Å². The van der Waals surface area contributed by atoms with E-state index in [2.05, 4.69) is 228 Å². The van der Waals surface area contributed by atoms with Crippen molar-refractivity contribution < 1.29 is 0 Å². The minimum absolute atomic E-state index is 0.543. The van der Waals surface area contributed by atoms with Crippen molar-refractivity contribution >= 4 is 92.9 Å². The Morgan fingerprint density at radius 3 is 1.95 bits per heavy atom. The van der Waals surface area contributed by atoms with E-state index in [4.69, 9.17) is 0 Å². The Labute approximate surface area is 372 Å². The molecule has 1 atom stereocenters. The van der Waals surface area contributed by atoms with Gasteiger partial charge in [-0.05, 0) is 117 Å². The zero-order valence-corrected chi connectivity index (χ0v) is 35.6. The SMILES string of the molecule is c1ccc(N(c2ccc3c(c2)C2(c4ccccc4S3)c3ccccc3-c3cccc4cccc2c34)c2ccc3c4ccccc4n(-c4cccc5sc6ccccc6c45)c3c2)cc1. The molecule has 10 aromatic carbocycles. The van der Waals surface area contributed by atoms with E-state index in [1.54, 1.807) is 0 Å². The number of nitrogens with zero attached hydrogens (tertiary/aromatic N) is 2. The summed E-state index contributed by atoms with van der Waals surface area (Å²) in [5, 5.41) is 7.69. The summed E-state index contributed by atoms with van der Waals surface area (Å²) < 4.78 is 5.11. The molecule has 1 spiro atoms. The lowest BCUT2D eigenvalue weighted by atomic mass is 9.59. The standard InChI is InChI=1S/C59H36N2S2/c1-2-17-38(18-3-1)60(40-31-33-43-42-20-5-9-26-50(42)61(52(43)36-40)51-27-14-30-56-58(51)45-21-6-10-28-53(45)62-56)39-32-34-55-49(35-39)59(47-24-8-11-29-54(47)63-55)46-23-7-4-19-41(46)44-22-12-15-37-16-13-25-48(59)57(37)44/h1-36H. The number of hydrogen-bond acceptors (Lipinski definition) is 3. The lowest BCUT2D eigenvalue weighted by Crippen LogP contribution is -2.36. The number of rotatable bonds is 4. The summed E-state index contributed by atoms with van der Waals surface area (Å²) in [6.07, 6.45) is 0. The number of thiophene rings is 1. The fourth-order valence-electron chi connectivity index (χ4n) is 11.1. The predicted molar refractivity (Wildman–Crippen MR) is 267 cm³/mol. The molecular formula is C59H36N2S2. The molecule has 1 unspecified atom stereocenters. The second-order valence-corrected chi connectivity index (χ2v) is 18.9. The fraction of sp³-hybridized carbons (Fsp3) is 0.0169. The summed E-state index contributed by atoms with van der Waals surface area (Å²) in [4.78, 5) is 5.05. The summed E-state index contributed by atoms with van der Waals surface area (Å²) in [6.45, 7) is 0. The van der Waals surface area contributed by atoms with Crippen molar-refractivity contribution in [3.8, 4) is 16.8 Å². The van der Waals surface area contributed by atoms with Crippen LogP contribution in [0.3, 0.4) is 0 Å². The summed E-state index contributed by atoms with van der Waals surface area (Å²) >= 11 is 3.76. The first-order chi connectivity index (χ1) is 31.3. The van der Waals surface area contributed by atoms with Gasteiger partial charge in [0.1, 0.15) is 0 Å². The first-order valence-corrected chi connectivity index (χ1v) is 23.2. The maximum Gasteiger partial charge on any atom is 0.0736 e. The smallest absolute Gasteiger partial charge is 0.0736 e. The van der Waals surface area contributed by atoms with E-state index in [-0.39, 0.29) is 0 Å². The third-order valence-corrected chi connectivity index (χ3v) is 15.9. The van der Waals surface area contributed by atoms with Gasteiger partial charge in [-0.15, -0.1) is 11.3 Å². The van der Waals surface area contributed by atoms with Crippen LogP contribution < -0.4 is 4.90 Å². The molecule has 12 aromatic rings. The van der Waals surface area contributed by atoms with Gasteiger partial charge in [0, 0.05) is 57.8 Å². The Kier molecular flexibility index (Phi) is 7.45. The number of hydrogen-bond donors (Lipinski definition) is 0. The summed E-state index contributed by atoms with van der Waals surface area (Å²) in [7, 11) is 0. The molecule has 1 aliphatic carbocycles. The van der Waals surface area contributed by atoms with E-state index in [0.717, 1.165) is 17.1 Å². The van der Waals surface area contributed by atoms with E-state index in [1.807, 2.05) is 23.1 Å². The average molecular weight is 837 g/mol. The van der Waals surface area contributed by atoms with Crippen molar-refractivity contribution in [2.45, 2.75) is 15.2 Å². The molecule has 63 heavy (non-hydrogen) atoms. The molecule has 0 saturated carbocycles. The monoisotopic (exact) mass is 836 g/mol. The molecule has 2 aliphatic rings. The fourth-order valence-corrected chi connectivity index (χ4v) is 13.4. The van der Waals surface area contributed by atoms with Crippen LogP contribution in [0.15, 0.2) is 228 Å². The molecule has 0 amide bonds. The Balaban J connectivity index is 1.05. The summed E-state index contributed by atoms with van der Waals surface area (Å²) in [6, 6.07) is 81.7. The van der Waals surface area contributed by atoms with Crippen LogP contribution in [-0.2, 0) is 5.41 Å². The minimum Gasteiger partial charge on any atom is -0.310 e. The van der Waals surface area contributed by atoms with Crippen LogP contribution in [0.1, 0.15) is 22.3 Å². The van der Waals surface area contributed by atoms with Crippen LogP contribution in [0.25, 0.3) is 69.6 Å². The van der Waals surface area contributed by atoms with Gasteiger partial charge >= 0.3 is 0 Å². The maximum atomic E-state index is 2.51. The van der Waals surface area contributed by atoms with Crippen LogP contribution in [0.5, 0.6) is 0 Å². The Hall–Kier alpha value is -7.37. The van der Waals surface area contributed by atoms with Gasteiger partial charge in [-0.25, -0.2) is 0 Å². The van der Waals surface area contributed by atoms with Gasteiger partial charge in [-0.2, -0.15) is 0 Å². The molecular weight excluding hydrogens is 801 g/mol. The normalized spacial score (nSPS) is 15.0. The quantitative estimate of drug-likeness (QED) is 0.174. The number of anilines is 3. The minimum atomic E-state index is -0.543. The van der Waals surface area contributed by atoms with Gasteiger partial charge in [0.25, 0.3) is 0 Å². The molecule has 0 radical (unpaired) electrons. The van der Waals surface area contributed by atoms with Crippen molar-refractivity contribution in [2.24, 2.45) is 0 Å². The van der Waals surface area contributed by atoms with Gasteiger partial charge in [0.05, 0.1) is 22.1 Å². The topological polar surface area (TPSA) is 8.17 Å². The van der Waals surface area contributed by atoms with Crippen molar-refractivity contribution in [3.05, 3.63) is 241 Å². The lowest BCUT2D eigenvalue weighted by molar-refractivity contribution is 0.707. The largest absolute Gasteiger partial charge is 0.310 e. The molecule has 1 aliphatic heterocycles. The third-order valence-electron chi connectivity index (χ3n) is 13.6. The second-order valence-electron chi connectivity index (χ2n) is 16.8. The van der Waals surface area contributed by atoms with Crippen LogP contribution in [-0.4, -0.2) is 4.57 Å². The first kappa shape index (κ1) is 35.2. The predicted octanol–water partition coefficient (Wildman–Crippen LogP) is 16.6.